The van der Waals surface area contributed by atoms with Crippen LogP contribution in [0.1, 0.15) is 25.8 Å². The van der Waals surface area contributed by atoms with Crippen LogP contribution in [0.3, 0.4) is 0 Å². The van der Waals surface area contributed by atoms with E-state index in [1.54, 1.807) is 24.3 Å². The summed E-state index contributed by atoms with van der Waals surface area (Å²) >= 11 is 0. The lowest BCUT2D eigenvalue weighted by Gasteiger charge is -2.11. The minimum absolute atomic E-state index is 0.209. The van der Waals surface area contributed by atoms with Crippen molar-refractivity contribution in [2.45, 2.75) is 19.4 Å². The summed E-state index contributed by atoms with van der Waals surface area (Å²) in [6, 6.07) is 23.9. The third kappa shape index (κ3) is 7.19. The molecule has 0 aromatic heterocycles. The molecule has 0 fully saturated rings. The molecule has 0 amide bonds. The fraction of sp³-hybridized carbons (Fsp3) is 0.200. The highest BCUT2D eigenvalue weighted by Crippen LogP contribution is 2.18. The number of nitrogens with zero attached hydrogens (tertiary/aromatic N) is 1. The maximum absolute atomic E-state index is 10.9. The Labute approximate surface area is 184 Å². The van der Waals surface area contributed by atoms with E-state index < -0.39 is 12.3 Å². The van der Waals surface area contributed by atoms with Crippen molar-refractivity contribution in [3.05, 3.63) is 95.6 Å². The Kier molecular flexibility index (Phi) is 7.05. The number of carbonyl (C=O) groups is 1. The van der Waals surface area contributed by atoms with Crippen LogP contribution in [0.2, 0.25) is 0 Å². The Hall–Kier alpha value is -3.80. The molecule has 0 aliphatic carbocycles. The van der Waals surface area contributed by atoms with Gasteiger partial charge in [0.2, 0.25) is 0 Å². The van der Waals surface area contributed by atoms with Crippen LogP contribution < -0.4 is 9.47 Å². The van der Waals surface area contributed by atoms with E-state index >= 15 is 0 Å². The van der Waals surface area contributed by atoms with Crippen molar-refractivity contribution in [2.24, 2.45) is 5.16 Å². The average molecular weight is 421 g/mol. The van der Waals surface area contributed by atoms with E-state index in [4.69, 9.17) is 22.2 Å². The second-order valence-corrected chi connectivity index (χ2v) is 6.61. The van der Waals surface area contributed by atoms with Gasteiger partial charge in [0.1, 0.15) is 37.5 Å². The molecular formula is C25H25NO5. The maximum Gasteiger partial charge on any atom is 0.303 e. The van der Waals surface area contributed by atoms with Gasteiger partial charge in [-0.2, -0.15) is 0 Å². The second kappa shape index (κ2) is 11.4. The van der Waals surface area contributed by atoms with E-state index in [0.717, 1.165) is 11.1 Å². The molecule has 31 heavy (non-hydrogen) atoms. The van der Waals surface area contributed by atoms with Crippen LogP contribution in [0, 0.1) is 0 Å². The molecule has 0 unspecified atom stereocenters. The van der Waals surface area contributed by atoms with Crippen LogP contribution in [0.15, 0.2) is 84.0 Å². The number of aliphatic carboxylic acids is 1. The number of carboxylic acid groups (broad SMARTS) is 1. The molecule has 6 heteroatoms. The molecule has 0 saturated carbocycles. The highest BCUT2D eigenvalue weighted by molar-refractivity contribution is 6.01. The van der Waals surface area contributed by atoms with E-state index in [9.17, 15) is 4.79 Å². The van der Waals surface area contributed by atoms with E-state index in [1.165, 1.54) is 7.11 Å². The number of carboxylic acids is 1. The van der Waals surface area contributed by atoms with Crippen LogP contribution in [0.5, 0.6) is 11.5 Å². The Balaban J connectivity index is 1.57. The van der Waals surface area contributed by atoms with Crippen molar-refractivity contribution in [1.29, 1.82) is 0 Å². The first-order valence-electron chi connectivity index (χ1n) is 10.7. The van der Waals surface area contributed by atoms with Crippen LogP contribution in [-0.4, -0.2) is 30.5 Å². The van der Waals surface area contributed by atoms with Gasteiger partial charge < -0.3 is 19.4 Å². The Morgan fingerprint density at radius 3 is 2.42 bits per heavy atom. The number of ether oxygens (including phenoxy) is 2. The Bertz CT molecular complexity index is 1090. The zero-order valence-corrected chi connectivity index (χ0v) is 17.2. The van der Waals surface area contributed by atoms with Crippen molar-refractivity contribution < 1.29 is 27.0 Å². The van der Waals surface area contributed by atoms with Gasteiger partial charge in [-0.1, -0.05) is 59.8 Å². The van der Waals surface area contributed by atoms with E-state index in [-0.39, 0.29) is 13.0 Å². The molecule has 0 heterocycles. The van der Waals surface area contributed by atoms with Crippen molar-refractivity contribution in [3.8, 4) is 11.5 Å². The van der Waals surface area contributed by atoms with E-state index in [1.807, 2.05) is 54.6 Å². The van der Waals surface area contributed by atoms with E-state index in [0.29, 0.717) is 29.4 Å². The molecule has 3 rings (SSSR count). The normalized spacial score (nSPS) is 12.5. The van der Waals surface area contributed by atoms with Crippen molar-refractivity contribution in [1.82, 2.24) is 0 Å². The number of aryl methyl sites for hydroxylation is 1. The molecular weight excluding hydrogens is 394 g/mol. The smallest absolute Gasteiger partial charge is 0.303 e. The minimum atomic E-state index is -2.31. The van der Waals surface area contributed by atoms with Crippen LogP contribution in [0.25, 0.3) is 0 Å². The van der Waals surface area contributed by atoms with Gasteiger partial charge in [0.25, 0.3) is 0 Å². The summed E-state index contributed by atoms with van der Waals surface area (Å²) in [5.74, 6) is -0.212. The lowest BCUT2D eigenvalue weighted by Crippen LogP contribution is -2.13. The minimum Gasteiger partial charge on any atom is -0.489 e. The van der Waals surface area contributed by atoms with Gasteiger partial charge in [-0.3, -0.25) is 4.79 Å². The third-order valence-electron chi connectivity index (χ3n) is 4.36. The lowest BCUT2D eigenvalue weighted by molar-refractivity contribution is -0.136. The van der Waals surface area contributed by atoms with Gasteiger partial charge in [-0.25, -0.2) is 0 Å². The lowest BCUT2D eigenvalue weighted by atomic mass is 10.1. The molecule has 160 valence electrons. The fourth-order valence-corrected chi connectivity index (χ4v) is 2.83. The average Bonchev–Trinajstić information content (AvgIpc) is 2.82. The number of hydrogen-bond acceptors (Lipinski definition) is 5. The SMILES string of the molecule is [2H]C([2H])(Cc1ccc(OCc2cccc(OCC(=NOC)c3ccccc3)c2)cc1)C(=O)O. The van der Waals surface area contributed by atoms with Gasteiger partial charge in [0.15, 0.2) is 0 Å². The number of rotatable bonds is 11. The number of benzene rings is 3. The zero-order valence-electron chi connectivity index (χ0n) is 19.2. The first-order valence-corrected chi connectivity index (χ1v) is 9.70. The van der Waals surface area contributed by atoms with Gasteiger partial charge in [0, 0.05) is 14.7 Å². The third-order valence-corrected chi connectivity index (χ3v) is 4.36. The molecule has 0 bridgehead atoms. The summed E-state index contributed by atoms with van der Waals surface area (Å²) in [4.78, 5) is 15.9. The first kappa shape index (κ1) is 19.2. The second-order valence-electron chi connectivity index (χ2n) is 6.61. The molecule has 3 aromatic carbocycles. The topological polar surface area (TPSA) is 77.3 Å². The summed E-state index contributed by atoms with van der Waals surface area (Å²) in [7, 11) is 1.50. The molecule has 0 radical (unpaired) electrons. The first-order chi connectivity index (χ1) is 15.9. The molecule has 1 N–H and O–H groups in total. The Morgan fingerprint density at radius 1 is 0.935 bits per heavy atom. The van der Waals surface area contributed by atoms with E-state index in [2.05, 4.69) is 5.16 Å². The van der Waals surface area contributed by atoms with Crippen LogP contribution >= 0.6 is 0 Å². The van der Waals surface area contributed by atoms with Gasteiger partial charge in [0.05, 0.1) is 0 Å². The maximum atomic E-state index is 10.9. The molecule has 0 saturated heterocycles. The predicted octanol–water partition coefficient (Wildman–Crippen LogP) is 4.71. The zero-order chi connectivity index (χ0) is 23.7. The number of oxime groups is 1. The summed E-state index contributed by atoms with van der Waals surface area (Å²) in [6.07, 6.45) is -2.52. The van der Waals surface area contributed by atoms with Crippen molar-refractivity contribution >= 4 is 11.7 Å². The summed E-state index contributed by atoms with van der Waals surface area (Å²) in [5, 5.41) is 13.0. The summed E-state index contributed by atoms with van der Waals surface area (Å²) in [6.45, 7) is 0.553. The van der Waals surface area contributed by atoms with Gasteiger partial charge in [-0.05, 0) is 41.8 Å². The van der Waals surface area contributed by atoms with Gasteiger partial charge >= 0.3 is 5.97 Å². The quantitative estimate of drug-likeness (QED) is 0.358. The van der Waals surface area contributed by atoms with Crippen LogP contribution in [-0.2, 0) is 22.7 Å². The molecule has 6 nitrogen and oxygen atoms in total. The summed E-state index contributed by atoms with van der Waals surface area (Å²) in [5.41, 5.74) is 3.08. The highest BCUT2D eigenvalue weighted by atomic mass is 16.6. The molecule has 0 atom stereocenters. The van der Waals surface area contributed by atoms with Crippen molar-refractivity contribution in [2.75, 3.05) is 13.7 Å². The monoisotopic (exact) mass is 421 g/mol. The molecule has 0 aliphatic heterocycles. The molecule has 0 aliphatic rings. The largest absolute Gasteiger partial charge is 0.489 e. The highest BCUT2D eigenvalue weighted by Gasteiger charge is 2.07. The summed E-state index contributed by atoms with van der Waals surface area (Å²) < 4.78 is 26.8. The molecule has 3 aromatic rings. The van der Waals surface area contributed by atoms with Crippen LogP contribution in [0.4, 0.5) is 0 Å². The predicted molar refractivity (Wildman–Crippen MR) is 119 cm³/mol. The van der Waals surface area contributed by atoms with Gasteiger partial charge in [-0.15, -0.1) is 0 Å². The fourth-order valence-electron chi connectivity index (χ4n) is 2.83. The standard InChI is InChI=1S/C25H25NO5/c1-29-26-24(21-7-3-2-4-8-21)18-31-23-9-5-6-20(16-23)17-30-22-13-10-19(11-14-22)12-15-25(27)28/h2-11,13-14,16H,12,15,17-18H2,1H3,(H,27,28)/i15D2. The molecule has 0 spiro atoms. The van der Waals surface area contributed by atoms with Crippen molar-refractivity contribution in [3.63, 3.8) is 0 Å². The number of hydrogen-bond donors (Lipinski definition) is 1. The Morgan fingerprint density at radius 2 is 1.71 bits per heavy atom.